The fourth-order valence-electron chi connectivity index (χ4n) is 1.57. The number of amides is 1. The van der Waals surface area contributed by atoms with Gasteiger partial charge in [-0.05, 0) is 6.42 Å². The summed E-state index contributed by atoms with van der Waals surface area (Å²) in [7, 11) is 1.55. The number of hydrogen-bond acceptors (Lipinski definition) is 4. The number of carbonyl (C=O) groups is 2. The second-order valence-corrected chi connectivity index (χ2v) is 4.51. The van der Waals surface area contributed by atoms with Crippen LogP contribution >= 0.6 is 11.8 Å². The van der Waals surface area contributed by atoms with E-state index in [1.807, 2.05) is 0 Å². The molecule has 6 heteroatoms. The fraction of sp³-hybridized carbons (Fsp3) is 0.778. The number of carboxylic acids is 1. The molecule has 1 aliphatic rings. The van der Waals surface area contributed by atoms with Crippen molar-refractivity contribution in [3.63, 3.8) is 0 Å². The van der Waals surface area contributed by atoms with E-state index in [0.717, 1.165) is 11.6 Å². The summed E-state index contributed by atoms with van der Waals surface area (Å²) >= 11 is 1.65. The highest BCUT2D eigenvalue weighted by atomic mass is 32.2. The van der Waals surface area contributed by atoms with Crippen LogP contribution < -0.4 is 5.32 Å². The number of hydrogen-bond donors (Lipinski definition) is 2. The van der Waals surface area contributed by atoms with E-state index in [1.165, 1.54) is 4.90 Å². The van der Waals surface area contributed by atoms with E-state index in [0.29, 0.717) is 6.42 Å². The van der Waals surface area contributed by atoms with E-state index in [1.54, 1.807) is 25.7 Å². The van der Waals surface area contributed by atoms with Crippen LogP contribution in [-0.2, 0) is 9.59 Å². The van der Waals surface area contributed by atoms with Gasteiger partial charge in [0.2, 0.25) is 5.91 Å². The summed E-state index contributed by atoms with van der Waals surface area (Å²) in [5.74, 6) is 0.404. The molecule has 2 N–H and O–H groups in total. The van der Waals surface area contributed by atoms with E-state index in [-0.39, 0.29) is 11.9 Å². The highest BCUT2D eigenvalue weighted by Crippen LogP contribution is 2.13. The van der Waals surface area contributed by atoms with Crippen LogP contribution in [0, 0.1) is 0 Å². The lowest BCUT2D eigenvalue weighted by Gasteiger charge is -2.26. The summed E-state index contributed by atoms with van der Waals surface area (Å²) in [6.45, 7) is 1.76. The fourth-order valence-corrected chi connectivity index (χ4v) is 2.50. The maximum absolute atomic E-state index is 11.8. The summed E-state index contributed by atoms with van der Waals surface area (Å²) in [5, 5.41) is 11.9. The first-order valence-electron chi connectivity index (χ1n) is 4.88. The number of aliphatic carboxylic acids is 1. The lowest BCUT2D eigenvalue weighted by atomic mass is 10.1. The van der Waals surface area contributed by atoms with Crippen LogP contribution in [0.4, 0.5) is 0 Å². The van der Waals surface area contributed by atoms with Crippen LogP contribution in [0.15, 0.2) is 0 Å². The number of rotatable bonds is 4. The van der Waals surface area contributed by atoms with Gasteiger partial charge in [-0.15, -0.1) is 11.8 Å². The molecule has 1 fully saturated rings. The standard InChI is InChI=1S/C9H16N2O3S/c1-3-7(9(13)14)11(2)8(12)6-4-15-5-10-6/h6-7,10H,3-5H2,1-2H3,(H,13,14). The quantitative estimate of drug-likeness (QED) is 0.712. The van der Waals surface area contributed by atoms with E-state index in [9.17, 15) is 9.59 Å². The Morgan fingerprint density at radius 1 is 1.67 bits per heavy atom. The van der Waals surface area contributed by atoms with Gasteiger partial charge in [0.1, 0.15) is 6.04 Å². The molecule has 1 rings (SSSR count). The van der Waals surface area contributed by atoms with Crippen LogP contribution in [0.25, 0.3) is 0 Å². The summed E-state index contributed by atoms with van der Waals surface area (Å²) in [4.78, 5) is 24.0. The average Bonchev–Trinajstić information content (AvgIpc) is 2.69. The van der Waals surface area contributed by atoms with Gasteiger partial charge in [0.05, 0.1) is 6.04 Å². The van der Waals surface area contributed by atoms with Crippen molar-refractivity contribution in [1.82, 2.24) is 10.2 Å². The molecule has 86 valence electrons. The second-order valence-electron chi connectivity index (χ2n) is 3.48. The van der Waals surface area contributed by atoms with Gasteiger partial charge in [-0.2, -0.15) is 0 Å². The number of thioether (sulfide) groups is 1. The maximum Gasteiger partial charge on any atom is 0.326 e. The van der Waals surface area contributed by atoms with E-state index in [2.05, 4.69) is 5.32 Å². The first kappa shape index (κ1) is 12.3. The highest BCUT2D eigenvalue weighted by Gasteiger charge is 2.31. The van der Waals surface area contributed by atoms with Gasteiger partial charge in [-0.25, -0.2) is 4.79 Å². The topological polar surface area (TPSA) is 69.6 Å². The Hall–Kier alpha value is -0.750. The minimum absolute atomic E-state index is 0.130. The van der Waals surface area contributed by atoms with E-state index < -0.39 is 12.0 Å². The zero-order chi connectivity index (χ0) is 11.4. The van der Waals surface area contributed by atoms with Crippen molar-refractivity contribution < 1.29 is 14.7 Å². The molecule has 2 atom stereocenters. The Balaban J connectivity index is 2.60. The molecule has 1 saturated heterocycles. The molecular weight excluding hydrogens is 216 g/mol. The van der Waals surface area contributed by atoms with Gasteiger partial charge in [0.25, 0.3) is 0 Å². The van der Waals surface area contributed by atoms with Crippen molar-refractivity contribution in [3.05, 3.63) is 0 Å². The number of carboxylic acid groups (broad SMARTS) is 1. The van der Waals surface area contributed by atoms with Crippen molar-refractivity contribution in [2.45, 2.75) is 25.4 Å². The third kappa shape index (κ3) is 2.85. The third-order valence-corrected chi connectivity index (χ3v) is 3.44. The molecular formula is C9H16N2O3S. The number of nitrogens with zero attached hydrogens (tertiary/aromatic N) is 1. The molecule has 5 nitrogen and oxygen atoms in total. The number of nitrogens with one attached hydrogen (secondary N) is 1. The molecule has 1 aliphatic heterocycles. The van der Waals surface area contributed by atoms with Gasteiger partial charge < -0.3 is 10.0 Å². The molecule has 0 bridgehead atoms. The summed E-state index contributed by atoms with van der Waals surface area (Å²) in [6, 6.07) is -0.946. The summed E-state index contributed by atoms with van der Waals surface area (Å²) in [5.41, 5.74) is 0. The Labute approximate surface area is 93.2 Å². The molecule has 0 spiro atoms. The predicted octanol–water partition coefficient (Wildman–Crippen LogP) is -0.0295. The molecule has 0 aromatic rings. The maximum atomic E-state index is 11.8. The molecule has 1 heterocycles. The molecule has 1 amide bonds. The zero-order valence-electron chi connectivity index (χ0n) is 8.90. The average molecular weight is 232 g/mol. The molecule has 0 aliphatic carbocycles. The molecule has 0 saturated carbocycles. The minimum Gasteiger partial charge on any atom is -0.480 e. The SMILES string of the molecule is CCC(C(=O)O)N(C)C(=O)C1CSCN1. The van der Waals surface area contributed by atoms with Gasteiger partial charge in [-0.1, -0.05) is 6.92 Å². The van der Waals surface area contributed by atoms with Crippen molar-refractivity contribution in [2.75, 3.05) is 18.7 Å². The van der Waals surface area contributed by atoms with Gasteiger partial charge in [0.15, 0.2) is 0 Å². The number of carbonyl (C=O) groups excluding carboxylic acids is 1. The first-order chi connectivity index (χ1) is 7.07. The minimum atomic E-state index is -0.945. The highest BCUT2D eigenvalue weighted by molar-refractivity contribution is 7.99. The molecule has 0 aromatic carbocycles. The van der Waals surface area contributed by atoms with Crippen molar-refractivity contribution in [3.8, 4) is 0 Å². The van der Waals surface area contributed by atoms with Crippen LogP contribution in [0.2, 0.25) is 0 Å². The van der Waals surface area contributed by atoms with E-state index in [4.69, 9.17) is 5.11 Å². The Bertz CT molecular complexity index is 254. The normalized spacial score (nSPS) is 22.4. The number of likely N-dealkylation sites (N-methyl/N-ethyl adjacent to an activating group) is 1. The molecule has 0 radical (unpaired) electrons. The largest absolute Gasteiger partial charge is 0.480 e. The van der Waals surface area contributed by atoms with Crippen LogP contribution in [0.5, 0.6) is 0 Å². The smallest absolute Gasteiger partial charge is 0.326 e. The van der Waals surface area contributed by atoms with Gasteiger partial charge in [-0.3, -0.25) is 10.1 Å². The Morgan fingerprint density at radius 3 is 2.73 bits per heavy atom. The van der Waals surface area contributed by atoms with Gasteiger partial charge in [0, 0.05) is 18.7 Å². The van der Waals surface area contributed by atoms with Crippen molar-refractivity contribution >= 4 is 23.6 Å². The Morgan fingerprint density at radius 2 is 2.33 bits per heavy atom. The van der Waals surface area contributed by atoms with Crippen LogP contribution in [-0.4, -0.2) is 52.6 Å². The zero-order valence-corrected chi connectivity index (χ0v) is 9.71. The Kier molecular flexibility index (Phi) is 4.41. The van der Waals surface area contributed by atoms with Crippen LogP contribution in [0.1, 0.15) is 13.3 Å². The van der Waals surface area contributed by atoms with Crippen molar-refractivity contribution in [2.24, 2.45) is 0 Å². The lowest BCUT2D eigenvalue weighted by molar-refractivity contribution is -0.149. The predicted molar refractivity (Wildman–Crippen MR) is 58.7 cm³/mol. The monoisotopic (exact) mass is 232 g/mol. The summed E-state index contributed by atoms with van der Waals surface area (Å²) < 4.78 is 0. The van der Waals surface area contributed by atoms with Gasteiger partial charge >= 0.3 is 5.97 Å². The first-order valence-corrected chi connectivity index (χ1v) is 6.04. The molecule has 15 heavy (non-hydrogen) atoms. The van der Waals surface area contributed by atoms with E-state index >= 15 is 0 Å². The van der Waals surface area contributed by atoms with Crippen LogP contribution in [0.3, 0.4) is 0 Å². The summed E-state index contributed by atoms with van der Waals surface area (Å²) in [6.07, 6.45) is 0.428. The van der Waals surface area contributed by atoms with Crippen molar-refractivity contribution in [1.29, 1.82) is 0 Å². The second kappa shape index (κ2) is 5.37. The molecule has 0 aromatic heterocycles. The molecule has 2 unspecified atom stereocenters. The third-order valence-electron chi connectivity index (χ3n) is 2.50. The lowest BCUT2D eigenvalue weighted by Crippen LogP contribution is -2.49.